The zero-order chi connectivity index (χ0) is 11.6. The summed E-state index contributed by atoms with van der Waals surface area (Å²) in [7, 11) is 0. The molecule has 0 atom stereocenters. The molecular formula is C7H4Cl3F3N2. The third kappa shape index (κ3) is 3.04. The molecule has 0 aliphatic rings. The van der Waals surface area contributed by atoms with E-state index < -0.39 is 16.8 Å². The van der Waals surface area contributed by atoms with Crippen molar-refractivity contribution in [1.82, 2.24) is 4.94 Å². The number of rotatable bonds is 2. The van der Waals surface area contributed by atoms with Gasteiger partial charge in [-0.05, 0) is 23.9 Å². The fraction of sp³-hybridized carbons (Fsp3) is 0.143. The maximum absolute atomic E-state index is 12.3. The van der Waals surface area contributed by atoms with E-state index in [0.717, 1.165) is 12.1 Å². The Balaban J connectivity index is 3.20. The topological polar surface area (TPSA) is 24.1 Å². The molecule has 0 saturated heterocycles. The summed E-state index contributed by atoms with van der Waals surface area (Å²) in [6, 6.07) is 1.75. The summed E-state index contributed by atoms with van der Waals surface area (Å²) in [5.74, 6) is 0. The Labute approximate surface area is 98.4 Å². The summed E-state index contributed by atoms with van der Waals surface area (Å²) >= 11 is 16.1. The summed E-state index contributed by atoms with van der Waals surface area (Å²) in [4.78, 5) is 2.01. The third-order valence-corrected chi connectivity index (χ3v) is 2.26. The van der Waals surface area contributed by atoms with Crippen LogP contribution in [-0.2, 0) is 6.18 Å². The molecule has 0 radical (unpaired) electrons. The van der Waals surface area contributed by atoms with E-state index >= 15 is 0 Å². The van der Waals surface area contributed by atoms with Crippen molar-refractivity contribution in [1.29, 1.82) is 0 Å². The maximum atomic E-state index is 12.3. The smallest absolute Gasteiger partial charge is 0.306 e. The standard InChI is InChI=1S/C7H4Cl3F3N2/c8-4-2-6(14-15-10)5(9)1-3(4)7(11,12)13/h1-2,14-15H. The lowest BCUT2D eigenvalue weighted by Crippen LogP contribution is -2.11. The molecule has 8 heteroatoms. The number of anilines is 1. The molecule has 0 spiro atoms. The SMILES string of the molecule is FC(F)(F)c1cc(Cl)c(NNCl)cc1Cl. The van der Waals surface area contributed by atoms with Crippen molar-refractivity contribution in [2.45, 2.75) is 6.18 Å². The van der Waals surface area contributed by atoms with E-state index in [-0.39, 0.29) is 10.7 Å². The van der Waals surface area contributed by atoms with Crippen LogP contribution in [0.5, 0.6) is 0 Å². The van der Waals surface area contributed by atoms with Crippen molar-refractivity contribution >= 4 is 40.7 Å². The van der Waals surface area contributed by atoms with Crippen molar-refractivity contribution in [3.05, 3.63) is 27.7 Å². The first kappa shape index (κ1) is 12.7. The van der Waals surface area contributed by atoms with Crippen LogP contribution in [0.15, 0.2) is 12.1 Å². The average molecular weight is 279 g/mol. The fourth-order valence-corrected chi connectivity index (χ4v) is 1.49. The minimum atomic E-state index is -4.53. The van der Waals surface area contributed by atoms with Gasteiger partial charge in [0.1, 0.15) is 0 Å². The van der Waals surface area contributed by atoms with E-state index in [1.165, 1.54) is 0 Å². The lowest BCUT2D eigenvalue weighted by Gasteiger charge is -2.12. The Bertz CT molecular complexity index is 367. The van der Waals surface area contributed by atoms with Crippen LogP contribution in [0, 0.1) is 0 Å². The van der Waals surface area contributed by atoms with Gasteiger partial charge in [0.25, 0.3) is 0 Å². The fourth-order valence-electron chi connectivity index (χ4n) is 0.911. The molecule has 2 N–H and O–H groups in total. The highest BCUT2D eigenvalue weighted by Gasteiger charge is 2.33. The molecule has 0 bridgehead atoms. The monoisotopic (exact) mass is 278 g/mol. The van der Waals surface area contributed by atoms with Gasteiger partial charge >= 0.3 is 6.18 Å². The Morgan fingerprint density at radius 1 is 1.07 bits per heavy atom. The number of hydrogen-bond donors (Lipinski definition) is 2. The molecule has 15 heavy (non-hydrogen) atoms. The van der Waals surface area contributed by atoms with Gasteiger partial charge in [0.05, 0.1) is 21.3 Å². The number of halogens is 6. The summed E-state index contributed by atoms with van der Waals surface area (Å²) in [5.41, 5.74) is 1.49. The van der Waals surface area contributed by atoms with E-state index in [0.29, 0.717) is 0 Å². The Kier molecular flexibility index (Phi) is 3.94. The molecule has 0 fully saturated rings. The van der Waals surface area contributed by atoms with Gasteiger partial charge in [-0.15, -0.1) is 4.94 Å². The van der Waals surface area contributed by atoms with E-state index in [9.17, 15) is 13.2 Å². The molecule has 0 aliphatic heterocycles. The number of nitrogens with one attached hydrogen (secondary N) is 2. The van der Waals surface area contributed by atoms with E-state index in [1.807, 2.05) is 4.94 Å². The zero-order valence-electron chi connectivity index (χ0n) is 6.92. The molecule has 84 valence electrons. The second-order valence-corrected chi connectivity index (χ2v) is 3.53. The molecular weight excluding hydrogens is 275 g/mol. The first-order valence-electron chi connectivity index (χ1n) is 3.54. The summed E-state index contributed by atoms with van der Waals surface area (Å²) in [6.07, 6.45) is -4.53. The van der Waals surface area contributed by atoms with Crippen LogP contribution in [0.2, 0.25) is 10.0 Å². The summed E-state index contributed by atoms with van der Waals surface area (Å²) in [6.45, 7) is 0. The Hall–Kier alpha value is -0.360. The zero-order valence-corrected chi connectivity index (χ0v) is 9.19. The highest BCUT2D eigenvalue weighted by Crippen LogP contribution is 2.38. The lowest BCUT2D eigenvalue weighted by atomic mass is 10.2. The van der Waals surface area contributed by atoms with Crippen LogP contribution in [-0.4, -0.2) is 0 Å². The largest absolute Gasteiger partial charge is 0.417 e. The number of alkyl halides is 3. The lowest BCUT2D eigenvalue weighted by molar-refractivity contribution is -0.137. The van der Waals surface area contributed by atoms with Crippen molar-refractivity contribution in [3.8, 4) is 0 Å². The van der Waals surface area contributed by atoms with Gasteiger partial charge in [0.2, 0.25) is 0 Å². The van der Waals surface area contributed by atoms with Crippen LogP contribution in [0.3, 0.4) is 0 Å². The average Bonchev–Trinajstić information content (AvgIpc) is 2.09. The minimum Gasteiger partial charge on any atom is -0.306 e. The molecule has 0 unspecified atom stereocenters. The molecule has 0 heterocycles. The maximum Gasteiger partial charge on any atom is 0.417 e. The highest BCUT2D eigenvalue weighted by molar-refractivity contribution is 6.35. The summed E-state index contributed by atoms with van der Waals surface area (Å²) in [5, 5.41) is -0.596. The normalized spacial score (nSPS) is 11.6. The molecule has 0 saturated carbocycles. The van der Waals surface area contributed by atoms with Gasteiger partial charge in [0, 0.05) is 0 Å². The predicted molar refractivity (Wildman–Crippen MR) is 54.1 cm³/mol. The first-order chi connectivity index (χ1) is 6.86. The second-order valence-electron chi connectivity index (χ2n) is 2.53. The molecule has 1 aromatic rings. The van der Waals surface area contributed by atoms with Gasteiger partial charge in [-0.3, -0.25) is 0 Å². The van der Waals surface area contributed by atoms with Crippen molar-refractivity contribution in [3.63, 3.8) is 0 Å². The van der Waals surface area contributed by atoms with Crippen molar-refractivity contribution < 1.29 is 13.2 Å². The molecule has 0 aromatic heterocycles. The Morgan fingerprint density at radius 3 is 2.13 bits per heavy atom. The molecule has 1 aromatic carbocycles. The van der Waals surface area contributed by atoms with Gasteiger partial charge in [0.15, 0.2) is 0 Å². The third-order valence-electron chi connectivity index (χ3n) is 1.54. The quantitative estimate of drug-likeness (QED) is 0.629. The molecule has 0 amide bonds. The van der Waals surface area contributed by atoms with Crippen molar-refractivity contribution in [2.24, 2.45) is 0 Å². The van der Waals surface area contributed by atoms with Gasteiger partial charge in [-0.1, -0.05) is 23.2 Å². The van der Waals surface area contributed by atoms with Gasteiger partial charge < -0.3 is 5.43 Å². The first-order valence-corrected chi connectivity index (χ1v) is 4.67. The van der Waals surface area contributed by atoms with Crippen LogP contribution in [0.4, 0.5) is 18.9 Å². The predicted octanol–water partition coefficient (Wildman–Crippen LogP) is 4.08. The van der Waals surface area contributed by atoms with Crippen LogP contribution < -0.4 is 10.4 Å². The van der Waals surface area contributed by atoms with Crippen LogP contribution in [0.25, 0.3) is 0 Å². The molecule has 2 nitrogen and oxygen atoms in total. The summed E-state index contributed by atoms with van der Waals surface area (Å²) < 4.78 is 37.0. The molecule has 0 aliphatic carbocycles. The van der Waals surface area contributed by atoms with E-state index in [1.54, 1.807) is 0 Å². The Morgan fingerprint density at radius 2 is 1.67 bits per heavy atom. The van der Waals surface area contributed by atoms with Gasteiger partial charge in [-0.25, -0.2) is 0 Å². The van der Waals surface area contributed by atoms with E-state index in [4.69, 9.17) is 35.0 Å². The second kappa shape index (κ2) is 4.65. The van der Waals surface area contributed by atoms with E-state index in [2.05, 4.69) is 5.43 Å². The number of hydrazine groups is 1. The highest BCUT2D eigenvalue weighted by atomic mass is 35.5. The van der Waals surface area contributed by atoms with Crippen molar-refractivity contribution in [2.75, 3.05) is 5.43 Å². The van der Waals surface area contributed by atoms with Crippen LogP contribution in [0.1, 0.15) is 5.56 Å². The van der Waals surface area contributed by atoms with Crippen LogP contribution >= 0.6 is 35.0 Å². The minimum absolute atomic E-state index is 0.139. The molecule has 1 rings (SSSR count). The number of hydrogen-bond acceptors (Lipinski definition) is 2. The van der Waals surface area contributed by atoms with Gasteiger partial charge in [-0.2, -0.15) is 13.2 Å². The number of benzene rings is 1.